The molecule has 0 saturated carbocycles. The number of pyridine rings is 1. The van der Waals surface area contributed by atoms with Crippen LogP contribution in [0.3, 0.4) is 0 Å². The molecule has 0 aliphatic rings. The van der Waals surface area contributed by atoms with E-state index >= 15 is 0 Å². The summed E-state index contributed by atoms with van der Waals surface area (Å²) in [6.07, 6.45) is 3.49. The Hall–Kier alpha value is -1.72. The van der Waals surface area contributed by atoms with Gasteiger partial charge in [0.25, 0.3) is 0 Å². The topological polar surface area (TPSA) is 68.0 Å². The number of hydrogen-bond acceptors (Lipinski definition) is 4. The number of aromatic nitrogens is 1. The molecule has 94 valence electrons. The van der Waals surface area contributed by atoms with Gasteiger partial charge < -0.3 is 11.1 Å². The van der Waals surface area contributed by atoms with E-state index in [2.05, 4.69) is 10.3 Å². The number of hydrogen-bond donors (Lipinski definition) is 2. The zero-order valence-corrected chi connectivity index (χ0v) is 10.9. The second kappa shape index (κ2) is 5.75. The molecule has 0 radical (unpaired) electrons. The van der Waals surface area contributed by atoms with Crippen molar-refractivity contribution in [3.63, 3.8) is 0 Å². The summed E-state index contributed by atoms with van der Waals surface area (Å²) in [5.74, 6) is -0.166. The number of amides is 1. The number of thiophene rings is 1. The van der Waals surface area contributed by atoms with Gasteiger partial charge in [0.15, 0.2) is 0 Å². The predicted octanol–water partition coefficient (Wildman–Crippen LogP) is 1.77. The lowest BCUT2D eigenvalue weighted by atomic mass is 10.1. The molecule has 1 unspecified atom stereocenters. The molecule has 18 heavy (non-hydrogen) atoms. The fourth-order valence-corrected chi connectivity index (χ4v) is 2.30. The van der Waals surface area contributed by atoms with Gasteiger partial charge in [-0.05, 0) is 35.6 Å². The van der Waals surface area contributed by atoms with E-state index < -0.39 is 6.04 Å². The minimum Gasteiger partial charge on any atom is -0.350 e. The van der Waals surface area contributed by atoms with Crippen LogP contribution in [0, 0.1) is 6.92 Å². The average Bonchev–Trinajstić information content (AvgIpc) is 2.90. The number of carbonyl (C=O) groups excluding carboxylic acids is 1. The summed E-state index contributed by atoms with van der Waals surface area (Å²) in [7, 11) is 0. The summed E-state index contributed by atoms with van der Waals surface area (Å²) < 4.78 is 0. The van der Waals surface area contributed by atoms with Crippen LogP contribution in [0.15, 0.2) is 36.0 Å². The number of aryl methyl sites for hydroxylation is 1. The van der Waals surface area contributed by atoms with Crippen molar-refractivity contribution < 1.29 is 4.79 Å². The zero-order valence-electron chi connectivity index (χ0n) is 10.1. The standard InChI is InChI=1S/C13H15N3OS/c1-9-4-5-15-7-10(9)8-16-13(17)12(14)11-3-2-6-18-11/h2-7,12H,8,14H2,1H3,(H,16,17). The van der Waals surface area contributed by atoms with Crippen LogP contribution in [0.25, 0.3) is 0 Å². The number of rotatable bonds is 4. The molecule has 0 aliphatic heterocycles. The minimum absolute atomic E-state index is 0.166. The van der Waals surface area contributed by atoms with E-state index in [9.17, 15) is 4.79 Å². The van der Waals surface area contributed by atoms with Crippen molar-refractivity contribution in [1.82, 2.24) is 10.3 Å². The second-order valence-corrected chi connectivity index (χ2v) is 4.99. The summed E-state index contributed by atoms with van der Waals surface area (Å²) in [5.41, 5.74) is 7.98. The Morgan fingerprint density at radius 1 is 1.56 bits per heavy atom. The number of carbonyl (C=O) groups is 1. The SMILES string of the molecule is Cc1ccncc1CNC(=O)C(N)c1cccs1. The van der Waals surface area contributed by atoms with E-state index in [0.29, 0.717) is 6.54 Å². The number of nitrogens with one attached hydrogen (secondary N) is 1. The van der Waals surface area contributed by atoms with E-state index in [1.54, 1.807) is 12.4 Å². The summed E-state index contributed by atoms with van der Waals surface area (Å²) in [5, 5.41) is 4.74. The van der Waals surface area contributed by atoms with Gasteiger partial charge in [-0.3, -0.25) is 9.78 Å². The maximum absolute atomic E-state index is 11.9. The van der Waals surface area contributed by atoms with Gasteiger partial charge in [0.2, 0.25) is 5.91 Å². The third-order valence-electron chi connectivity index (χ3n) is 2.73. The monoisotopic (exact) mass is 261 g/mol. The van der Waals surface area contributed by atoms with Crippen LogP contribution in [0.4, 0.5) is 0 Å². The van der Waals surface area contributed by atoms with Gasteiger partial charge in [0, 0.05) is 23.8 Å². The van der Waals surface area contributed by atoms with Gasteiger partial charge in [-0.1, -0.05) is 6.07 Å². The highest BCUT2D eigenvalue weighted by Gasteiger charge is 2.16. The molecule has 2 aromatic heterocycles. The third kappa shape index (κ3) is 2.94. The van der Waals surface area contributed by atoms with Crippen LogP contribution in [-0.2, 0) is 11.3 Å². The largest absolute Gasteiger partial charge is 0.350 e. The van der Waals surface area contributed by atoms with Crippen LogP contribution in [-0.4, -0.2) is 10.9 Å². The predicted molar refractivity (Wildman–Crippen MR) is 72.1 cm³/mol. The summed E-state index contributed by atoms with van der Waals surface area (Å²) in [6.45, 7) is 2.44. The fraction of sp³-hybridized carbons (Fsp3) is 0.231. The van der Waals surface area contributed by atoms with Crippen molar-refractivity contribution in [3.05, 3.63) is 52.0 Å². The molecule has 3 N–H and O–H groups in total. The van der Waals surface area contributed by atoms with Gasteiger partial charge in [0.1, 0.15) is 6.04 Å². The molecule has 2 rings (SSSR count). The lowest BCUT2D eigenvalue weighted by Gasteiger charge is -2.11. The van der Waals surface area contributed by atoms with E-state index in [-0.39, 0.29) is 5.91 Å². The maximum Gasteiger partial charge on any atom is 0.242 e. The first-order valence-corrected chi connectivity index (χ1v) is 6.52. The van der Waals surface area contributed by atoms with E-state index in [0.717, 1.165) is 16.0 Å². The molecule has 2 aromatic rings. The van der Waals surface area contributed by atoms with Gasteiger partial charge in [-0.25, -0.2) is 0 Å². The first-order valence-electron chi connectivity index (χ1n) is 5.64. The van der Waals surface area contributed by atoms with Crippen LogP contribution in [0.1, 0.15) is 22.0 Å². The molecular weight excluding hydrogens is 246 g/mol. The van der Waals surface area contributed by atoms with Crippen molar-refractivity contribution in [1.29, 1.82) is 0 Å². The highest BCUT2D eigenvalue weighted by molar-refractivity contribution is 7.10. The Morgan fingerprint density at radius 2 is 2.39 bits per heavy atom. The van der Waals surface area contributed by atoms with Crippen molar-refractivity contribution in [2.45, 2.75) is 19.5 Å². The van der Waals surface area contributed by atoms with Crippen LogP contribution < -0.4 is 11.1 Å². The molecule has 1 amide bonds. The molecule has 1 atom stereocenters. The summed E-state index contributed by atoms with van der Waals surface area (Å²) >= 11 is 1.49. The molecule has 5 heteroatoms. The first kappa shape index (κ1) is 12.7. The molecule has 0 aromatic carbocycles. The van der Waals surface area contributed by atoms with Crippen LogP contribution >= 0.6 is 11.3 Å². The quantitative estimate of drug-likeness (QED) is 0.881. The van der Waals surface area contributed by atoms with Crippen LogP contribution in [0.2, 0.25) is 0 Å². The lowest BCUT2D eigenvalue weighted by Crippen LogP contribution is -2.33. The van der Waals surface area contributed by atoms with Crippen molar-refractivity contribution in [3.8, 4) is 0 Å². The second-order valence-electron chi connectivity index (χ2n) is 4.01. The third-order valence-corrected chi connectivity index (χ3v) is 3.69. The molecule has 0 spiro atoms. The Morgan fingerprint density at radius 3 is 3.06 bits per heavy atom. The van der Waals surface area contributed by atoms with E-state index in [1.165, 1.54) is 11.3 Å². The Bertz CT molecular complexity index is 525. The molecule has 0 aliphatic carbocycles. The molecule has 2 heterocycles. The van der Waals surface area contributed by atoms with Crippen molar-refractivity contribution in [2.24, 2.45) is 5.73 Å². The molecule has 0 bridgehead atoms. The van der Waals surface area contributed by atoms with E-state index in [4.69, 9.17) is 5.73 Å². The molecule has 4 nitrogen and oxygen atoms in total. The van der Waals surface area contributed by atoms with Crippen molar-refractivity contribution in [2.75, 3.05) is 0 Å². The van der Waals surface area contributed by atoms with Gasteiger partial charge in [-0.15, -0.1) is 11.3 Å². The van der Waals surface area contributed by atoms with Crippen LogP contribution in [0.5, 0.6) is 0 Å². The average molecular weight is 261 g/mol. The molecular formula is C13H15N3OS. The highest BCUT2D eigenvalue weighted by Crippen LogP contribution is 2.16. The first-order chi connectivity index (χ1) is 8.68. The van der Waals surface area contributed by atoms with E-state index in [1.807, 2.05) is 30.5 Å². The molecule has 0 fully saturated rings. The normalized spacial score (nSPS) is 12.1. The van der Waals surface area contributed by atoms with Gasteiger partial charge in [0.05, 0.1) is 0 Å². The summed E-state index contributed by atoms with van der Waals surface area (Å²) in [4.78, 5) is 16.8. The van der Waals surface area contributed by atoms with Crippen molar-refractivity contribution >= 4 is 17.2 Å². The minimum atomic E-state index is -0.595. The Labute approximate surface area is 110 Å². The molecule has 0 saturated heterocycles. The Kier molecular flexibility index (Phi) is 4.07. The van der Waals surface area contributed by atoms with Gasteiger partial charge >= 0.3 is 0 Å². The van der Waals surface area contributed by atoms with Gasteiger partial charge in [-0.2, -0.15) is 0 Å². The number of nitrogens with zero attached hydrogens (tertiary/aromatic N) is 1. The lowest BCUT2D eigenvalue weighted by molar-refractivity contribution is -0.122. The highest BCUT2D eigenvalue weighted by atomic mass is 32.1. The zero-order chi connectivity index (χ0) is 13.0. The summed E-state index contributed by atoms with van der Waals surface area (Å²) in [6, 6.07) is 5.07. The number of nitrogens with two attached hydrogens (primary N) is 1. The maximum atomic E-state index is 11.9. The fourth-order valence-electron chi connectivity index (χ4n) is 1.57. The Balaban J connectivity index is 1.95. The smallest absolute Gasteiger partial charge is 0.242 e.